The number of amides is 1. The maximum absolute atomic E-state index is 12.1. The van der Waals surface area contributed by atoms with Gasteiger partial charge in [0, 0.05) is 5.69 Å². The topological polar surface area (TPSA) is 55.1 Å². The van der Waals surface area contributed by atoms with Crippen molar-refractivity contribution < 1.29 is 4.79 Å². The van der Waals surface area contributed by atoms with Gasteiger partial charge in [0.25, 0.3) is 0 Å². The fraction of sp³-hybridized carbons (Fsp3) is 0.316. The molecule has 0 saturated carbocycles. The molecule has 114 valence electrons. The first-order chi connectivity index (χ1) is 10.5. The number of anilines is 1. The smallest absolute Gasteiger partial charge is 0.232 e. The van der Waals surface area contributed by atoms with Gasteiger partial charge in [0.2, 0.25) is 5.91 Å². The molecule has 0 spiro atoms. The standard InChI is InChI=1S/C19H22N2O/c1-4-15-16-10-14(9-12(3)18(16)21-19(15)22)17(20)13-7-5-11(2)6-8-13/h5-10,15,17H,4,20H2,1-3H3,(H,21,22). The average molecular weight is 294 g/mol. The summed E-state index contributed by atoms with van der Waals surface area (Å²) in [5.74, 6) is 0.0422. The molecule has 1 heterocycles. The van der Waals surface area contributed by atoms with Crippen molar-refractivity contribution in [2.45, 2.75) is 39.2 Å². The van der Waals surface area contributed by atoms with Crippen LogP contribution in [0.2, 0.25) is 0 Å². The van der Waals surface area contributed by atoms with Gasteiger partial charge in [-0.15, -0.1) is 0 Å². The Bertz CT molecular complexity index is 719. The number of fused-ring (bicyclic) bond motifs is 1. The van der Waals surface area contributed by atoms with Crippen LogP contribution in [0.3, 0.4) is 0 Å². The van der Waals surface area contributed by atoms with E-state index in [0.29, 0.717) is 0 Å². The zero-order chi connectivity index (χ0) is 15.9. The van der Waals surface area contributed by atoms with E-state index in [0.717, 1.165) is 34.4 Å². The highest BCUT2D eigenvalue weighted by Crippen LogP contribution is 2.39. The second kappa shape index (κ2) is 5.58. The van der Waals surface area contributed by atoms with E-state index >= 15 is 0 Å². The molecule has 1 aliphatic rings. The molecule has 3 rings (SSSR count). The van der Waals surface area contributed by atoms with Crippen LogP contribution in [0.15, 0.2) is 36.4 Å². The molecule has 3 N–H and O–H groups in total. The molecule has 22 heavy (non-hydrogen) atoms. The van der Waals surface area contributed by atoms with E-state index in [-0.39, 0.29) is 17.9 Å². The lowest BCUT2D eigenvalue weighted by Gasteiger charge is -2.17. The molecule has 3 heteroatoms. The van der Waals surface area contributed by atoms with Crippen molar-refractivity contribution >= 4 is 11.6 Å². The zero-order valence-electron chi connectivity index (χ0n) is 13.3. The van der Waals surface area contributed by atoms with Crippen LogP contribution < -0.4 is 11.1 Å². The highest BCUT2D eigenvalue weighted by molar-refractivity contribution is 6.03. The summed E-state index contributed by atoms with van der Waals surface area (Å²) in [6.45, 7) is 6.14. The number of hydrogen-bond acceptors (Lipinski definition) is 2. The van der Waals surface area contributed by atoms with Crippen molar-refractivity contribution in [3.05, 3.63) is 64.2 Å². The SMILES string of the molecule is CCC1C(=O)Nc2c(C)cc(C(N)c3ccc(C)cc3)cc21. The molecule has 2 atom stereocenters. The van der Waals surface area contributed by atoms with Gasteiger partial charge in [-0.1, -0.05) is 48.9 Å². The normalized spacial score (nSPS) is 18.0. The Labute approximate surface area is 131 Å². The number of hydrogen-bond donors (Lipinski definition) is 2. The van der Waals surface area contributed by atoms with Gasteiger partial charge in [0.05, 0.1) is 12.0 Å². The fourth-order valence-corrected chi connectivity index (χ4v) is 3.19. The molecule has 0 fully saturated rings. The number of rotatable bonds is 3. The molecule has 0 aromatic heterocycles. The number of nitrogens with one attached hydrogen (secondary N) is 1. The third-order valence-electron chi connectivity index (χ3n) is 4.53. The Morgan fingerprint density at radius 3 is 2.45 bits per heavy atom. The van der Waals surface area contributed by atoms with Crippen molar-refractivity contribution in [3.63, 3.8) is 0 Å². The molecule has 2 aromatic carbocycles. The largest absolute Gasteiger partial charge is 0.325 e. The van der Waals surface area contributed by atoms with Crippen LogP contribution in [0.1, 0.15) is 53.1 Å². The predicted octanol–water partition coefficient (Wildman–Crippen LogP) is 3.80. The van der Waals surface area contributed by atoms with Gasteiger partial charge in [-0.05, 0) is 42.5 Å². The van der Waals surface area contributed by atoms with E-state index < -0.39 is 0 Å². The molecule has 1 aliphatic heterocycles. The average Bonchev–Trinajstić information content (AvgIpc) is 2.83. The van der Waals surface area contributed by atoms with Crippen LogP contribution in [0.4, 0.5) is 5.69 Å². The maximum Gasteiger partial charge on any atom is 0.232 e. The van der Waals surface area contributed by atoms with Crippen LogP contribution in [-0.4, -0.2) is 5.91 Å². The lowest BCUT2D eigenvalue weighted by molar-refractivity contribution is -0.117. The minimum Gasteiger partial charge on any atom is -0.325 e. The van der Waals surface area contributed by atoms with Crippen molar-refractivity contribution in [2.75, 3.05) is 5.32 Å². The van der Waals surface area contributed by atoms with Crippen LogP contribution in [0, 0.1) is 13.8 Å². The van der Waals surface area contributed by atoms with Gasteiger partial charge < -0.3 is 11.1 Å². The molecule has 0 bridgehead atoms. The Morgan fingerprint density at radius 1 is 1.14 bits per heavy atom. The van der Waals surface area contributed by atoms with Gasteiger partial charge in [-0.25, -0.2) is 0 Å². The van der Waals surface area contributed by atoms with E-state index in [1.54, 1.807) is 0 Å². The summed E-state index contributed by atoms with van der Waals surface area (Å²) in [6.07, 6.45) is 0.807. The minimum atomic E-state index is -0.169. The van der Waals surface area contributed by atoms with Crippen molar-refractivity contribution in [2.24, 2.45) is 5.73 Å². The number of carbonyl (C=O) groups excluding carboxylic acids is 1. The third kappa shape index (κ3) is 2.42. The first-order valence-corrected chi connectivity index (χ1v) is 7.78. The van der Waals surface area contributed by atoms with E-state index in [2.05, 4.69) is 48.6 Å². The van der Waals surface area contributed by atoms with E-state index in [1.165, 1.54) is 5.56 Å². The van der Waals surface area contributed by atoms with Crippen molar-refractivity contribution in [1.29, 1.82) is 0 Å². The first kappa shape index (κ1) is 14.8. The monoisotopic (exact) mass is 294 g/mol. The van der Waals surface area contributed by atoms with Crippen LogP contribution in [0.5, 0.6) is 0 Å². The summed E-state index contributed by atoms with van der Waals surface area (Å²) in [7, 11) is 0. The van der Waals surface area contributed by atoms with E-state index in [9.17, 15) is 4.79 Å². The van der Waals surface area contributed by atoms with E-state index in [4.69, 9.17) is 5.73 Å². The van der Waals surface area contributed by atoms with Crippen molar-refractivity contribution in [1.82, 2.24) is 0 Å². The molecule has 1 amide bonds. The molecule has 3 nitrogen and oxygen atoms in total. The lowest BCUT2D eigenvalue weighted by atomic mass is 9.90. The highest BCUT2D eigenvalue weighted by Gasteiger charge is 2.31. The Kier molecular flexibility index (Phi) is 3.75. The van der Waals surface area contributed by atoms with Crippen molar-refractivity contribution in [3.8, 4) is 0 Å². The molecular weight excluding hydrogens is 272 g/mol. The second-order valence-electron chi connectivity index (χ2n) is 6.14. The molecule has 0 radical (unpaired) electrons. The van der Waals surface area contributed by atoms with Gasteiger partial charge >= 0.3 is 0 Å². The van der Waals surface area contributed by atoms with Gasteiger partial charge in [0.1, 0.15) is 0 Å². The Balaban J connectivity index is 2.02. The van der Waals surface area contributed by atoms with Crippen LogP contribution in [0.25, 0.3) is 0 Å². The summed E-state index contributed by atoms with van der Waals surface area (Å²) in [4.78, 5) is 12.1. The Morgan fingerprint density at radius 2 is 1.82 bits per heavy atom. The van der Waals surface area contributed by atoms with Gasteiger partial charge in [0.15, 0.2) is 0 Å². The summed E-state index contributed by atoms with van der Waals surface area (Å²) in [5, 5.41) is 3.00. The molecule has 0 aliphatic carbocycles. The second-order valence-corrected chi connectivity index (χ2v) is 6.14. The molecule has 2 aromatic rings. The quantitative estimate of drug-likeness (QED) is 0.904. The number of nitrogens with two attached hydrogens (primary N) is 1. The Hall–Kier alpha value is -2.13. The zero-order valence-corrected chi connectivity index (χ0v) is 13.3. The summed E-state index contributed by atoms with van der Waals surface area (Å²) in [5.41, 5.74) is 13.0. The number of carbonyl (C=O) groups is 1. The summed E-state index contributed by atoms with van der Waals surface area (Å²) >= 11 is 0. The number of aryl methyl sites for hydroxylation is 2. The molecule has 2 unspecified atom stereocenters. The number of benzene rings is 2. The third-order valence-corrected chi connectivity index (χ3v) is 4.53. The minimum absolute atomic E-state index is 0.0566. The lowest BCUT2D eigenvalue weighted by Crippen LogP contribution is -2.13. The maximum atomic E-state index is 12.1. The molecular formula is C19H22N2O. The summed E-state index contributed by atoms with van der Waals surface area (Å²) in [6, 6.07) is 12.3. The first-order valence-electron chi connectivity index (χ1n) is 7.78. The fourth-order valence-electron chi connectivity index (χ4n) is 3.19. The van der Waals surface area contributed by atoms with Crippen LogP contribution in [-0.2, 0) is 4.79 Å². The van der Waals surface area contributed by atoms with Crippen LogP contribution >= 0.6 is 0 Å². The van der Waals surface area contributed by atoms with Gasteiger partial charge in [-0.3, -0.25) is 4.79 Å². The van der Waals surface area contributed by atoms with E-state index in [1.807, 2.05) is 13.8 Å². The molecule has 0 saturated heterocycles. The predicted molar refractivity (Wildman–Crippen MR) is 90.1 cm³/mol. The van der Waals surface area contributed by atoms with Gasteiger partial charge in [-0.2, -0.15) is 0 Å². The summed E-state index contributed by atoms with van der Waals surface area (Å²) < 4.78 is 0. The highest BCUT2D eigenvalue weighted by atomic mass is 16.2.